The van der Waals surface area contributed by atoms with E-state index in [2.05, 4.69) is 52.4 Å². The van der Waals surface area contributed by atoms with Gasteiger partial charge < -0.3 is 9.73 Å². The van der Waals surface area contributed by atoms with Crippen molar-refractivity contribution in [2.75, 3.05) is 6.54 Å². The van der Waals surface area contributed by atoms with Gasteiger partial charge in [0.25, 0.3) is 0 Å². The molecular weight excluding hydrogens is 278 g/mol. The largest absolute Gasteiger partial charge is 0.467 e. The van der Waals surface area contributed by atoms with E-state index in [0.29, 0.717) is 0 Å². The number of furan rings is 1. The van der Waals surface area contributed by atoms with Crippen molar-refractivity contribution in [1.82, 2.24) is 5.32 Å². The van der Waals surface area contributed by atoms with Crippen LogP contribution < -0.4 is 5.32 Å². The van der Waals surface area contributed by atoms with Crippen molar-refractivity contribution in [3.63, 3.8) is 0 Å². The molecule has 0 bridgehead atoms. The monoisotopic (exact) mass is 293 g/mol. The van der Waals surface area contributed by atoms with E-state index in [-0.39, 0.29) is 6.04 Å². The average molecular weight is 294 g/mol. The predicted octanol–water partition coefficient (Wildman–Crippen LogP) is 4.13. The Balaban J connectivity index is 2.23. The molecule has 0 radical (unpaired) electrons. The molecule has 2 rings (SSSR count). The van der Waals surface area contributed by atoms with E-state index >= 15 is 0 Å². The average Bonchev–Trinajstić information content (AvgIpc) is 2.85. The lowest BCUT2D eigenvalue weighted by Gasteiger charge is -2.16. The summed E-state index contributed by atoms with van der Waals surface area (Å²) in [7, 11) is 0. The molecule has 90 valence electrons. The van der Waals surface area contributed by atoms with Gasteiger partial charge in [-0.05, 0) is 42.8 Å². The zero-order chi connectivity index (χ0) is 12.1. The maximum absolute atomic E-state index is 5.50. The van der Waals surface area contributed by atoms with Crippen LogP contribution in [0.4, 0.5) is 0 Å². The van der Waals surface area contributed by atoms with Crippen molar-refractivity contribution in [1.29, 1.82) is 0 Å². The third-order valence-corrected chi connectivity index (χ3v) is 3.16. The van der Waals surface area contributed by atoms with Gasteiger partial charge in [0, 0.05) is 4.47 Å². The highest BCUT2D eigenvalue weighted by molar-refractivity contribution is 9.10. The van der Waals surface area contributed by atoms with E-state index in [1.165, 1.54) is 5.56 Å². The van der Waals surface area contributed by atoms with E-state index < -0.39 is 0 Å². The smallest absolute Gasteiger partial charge is 0.125 e. The topological polar surface area (TPSA) is 25.2 Å². The first-order valence-electron chi connectivity index (χ1n) is 5.83. The summed E-state index contributed by atoms with van der Waals surface area (Å²) in [5.74, 6) is 0.959. The molecule has 0 aliphatic heterocycles. The molecular formula is C14H16BrNO. The second-order valence-electron chi connectivity index (χ2n) is 3.95. The fourth-order valence-corrected chi connectivity index (χ4v) is 2.05. The first-order valence-corrected chi connectivity index (χ1v) is 6.63. The number of halogens is 1. The number of hydrogen-bond acceptors (Lipinski definition) is 2. The van der Waals surface area contributed by atoms with E-state index in [0.717, 1.165) is 23.2 Å². The van der Waals surface area contributed by atoms with Crippen LogP contribution in [0, 0.1) is 0 Å². The predicted molar refractivity (Wildman–Crippen MR) is 73.0 cm³/mol. The van der Waals surface area contributed by atoms with Crippen LogP contribution in [0.5, 0.6) is 0 Å². The minimum atomic E-state index is 0.137. The van der Waals surface area contributed by atoms with Crippen molar-refractivity contribution < 1.29 is 4.42 Å². The van der Waals surface area contributed by atoms with Crippen molar-refractivity contribution in [3.05, 3.63) is 58.5 Å². The molecule has 1 unspecified atom stereocenters. The fraction of sp³-hybridized carbons (Fsp3) is 0.286. The standard InChI is InChI=1S/C14H16BrNO/c1-2-9-16-14(13-4-3-10-17-13)11-5-7-12(15)8-6-11/h3-8,10,14,16H,2,9H2,1H3. The molecule has 0 aliphatic carbocycles. The molecule has 1 atom stereocenters. The minimum Gasteiger partial charge on any atom is -0.467 e. The van der Waals surface area contributed by atoms with Crippen LogP contribution in [-0.4, -0.2) is 6.54 Å². The summed E-state index contributed by atoms with van der Waals surface area (Å²) in [5, 5.41) is 3.50. The van der Waals surface area contributed by atoms with E-state index in [9.17, 15) is 0 Å². The van der Waals surface area contributed by atoms with Gasteiger partial charge in [0.15, 0.2) is 0 Å². The van der Waals surface area contributed by atoms with Crippen LogP contribution in [0.15, 0.2) is 51.6 Å². The lowest BCUT2D eigenvalue weighted by Crippen LogP contribution is -2.22. The molecule has 0 amide bonds. The van der Waals surface area contributed by atoms with Crippen LogP contribution in [0.2, 0.25) is 0 Å². The summed E-state index contributed by atoms with van der Waals surface area (Å²) >= 11 is 3.45. The number of benzene rings is 1. The summed E-state index contributed by atoms with van der Waals surface area (Å²) in [6, 6.07) is 12.4. The zero-order valence-electron chi connectivity index (χ0n) is 9.82. The fourth-order valence-electron chi connectivity index (χ4n) is 1.78. The van der Waals surface area contributed by atoms with Crippen molar-refractivity contribution in [3.8, 4) is 0 Å². The van der Waals surface area contributed by atoms with Crippen LogP contribution in [0.25, 0.3) is 0 Å². The van der Waals surface area contributed by atoms with Gasteiger partial charge in [-0.15, -0.1) is 0 Å². The molecule has 2 aromatic rings. The number of nitrogens with one attached hydrogen (secondary N) is 1. The normalized spacial score (nSPS) is 12.6. The van der Waals surface area contributed by atoms with Gasteiger partial charge in [-0.25, -0.2) is 0 Å². The Morgan fingerprint density at radius 2 is 2.00 bits per heavy atom. The maximum Gasteiger partial charge on any atom is 0.125 e. The summed E-state index contributed by atoms with van der Waals surface area (Å²) in [6.07, 6.45) is 2.82. The van der Waals surface area contributed by atoms with Gasteiger partial charge in [0.2, 0.25) is 0 Å². The molecule has 1 heterocycles. The van der Waals surface area contributed by atoms with Gasteiger partial charge in [-0.1, -0.05) is 35.0 Å². The Morgan fingerprint density at radius 3 is 2.59 bits per heavy atom. The molecule has 1 N–H and O–H groups in total. The third kappa shape index (κ3) is 3.20. The Morgan fingerprint density at radius 1 is 1.24 bits per heavy atom. The van der Waals surface area contributed by atoms with E-state index in [4.69, 9.17) is 4.42 Å². The number of rotatable bonds is 5. The maximum atomic E-state index is 5.50. The highest BCUT2D eigenvalue weighted by Gasteiger charge is 2.15. The molecule has 17 heavy (non-hydrogen) atoms. The van der Waals surface area contributed by atoms with Gasteiger partial charge in [-0.3, -0.25) is 0 Å². The molecule has 0 spiro atoms. The van der Waals surface area contributed by atoms with Crippen molar-refractivity contribution in [2.45, 2.75) is 19.4 Å². The first kappa shape index (κ1) is 12.4. The summed E-state index contributed by atoms with van der Waals surface area (Å²) < 4.78 is 6.60. The summed E-state index contributed by atoms with van der Waals surface area (Å²) in [6.45, 7) is 3.13. The van der Waals surface area contributed by atoms with Gasteiger partial charge in [0.1, 0.15) is 5.76 Å². The highest BCUT2D eigenvalue weighted by atomic mass is 79.9. The quantitative estimate of drug-likeness (QED) is 0.897. The highest BCUT2D eigenvalue weighted by Crippen LogP contribution is 2.23. The lowest BCUT2D eigenvalue weighted by molar-refractivity contribution is 0.446. The minimum absolute atomic E-state index is 0.137. The molecule has 1 aromatic carbocycles. The van der Waals surface area contributed by atoms with Crippen molar-refractivity contribution in [2.24, 2.45) is 0 Å². The third-order valence-electron chi connectivity index (χ3n) is 2.63. The summed E-state index contributed by atoms with van der Waals surface area (Å²) in [5.41, 5.74) is 1.22. The molecule has 3 heteroatoms. The second-order valence-corrected chi connectivity index (χ2v) is 4.87. The number of hydrogen-bond donors (Lipinski definition) is 1. The first-order chi connectivity index (χ1) is 8.31. The van der Waals surface area contributed by atoms with Crippen LogP contribution >= 0.6 is 15.9 Å². The Hall–Kier alpha value is -1.06. The second kappa shape index (κ2) is 6.03. The van der Waals surface area contributed by atoms with E-state index in [1.54, 1.807) is 6.26 Å². The van der Waals surface area contributed by atoms with Crippen LogP contribution in [0.1, 0.15) is 30.7 Å². The lowest BCUT2D eigenvalue weighted by atomic mass is 10.0. The SMILES string of the molecule is CCCNC(c1ccc(Br)cc1)c1ccco1. The van der Waals surface area contributed by atoms with Gasteiger partial charge in [-0.2, -0.15) is 0 Å². The molecule has 0 aliphatic rings. The van der Waals surface area contributed by atoms with Gasteiger partial charge >= 0.3 is 0 Å². The Kier molecular flexibility index (Phi) is 4.40. The molecule has 0 saturated carbocycles. The zero-order valence-corrected chi connectivity index (χ0v) is 11.4. The summed E-state index contributed by atoms with van der Waals surface area (Å²) in [4.78, 5) is 0. The van der Waals surface area contributed by atoms with Crippen LogP contribution in [-0.2, 0) is 0 Å². The van der Waals surface area contributed by atoms with Crippen molar-refractivity contribution >= 4 is 15.9 Å². The Labute approximate surface area is 110 Å². The Bertz CT molecular complexity index is 436. The van der Waals surface area contributed by atoms with Gasteiger partial charge in [0.05, 0.1) is 12.3 Å². The van der Waals surface area contributed by atoms with Crippen LogP contribution in [0.3, 0.4) is 0 Å². The van der Waals surface area contributed by atoms with E-state index in [1.807, 2.05) is 12.1 Å². The molecule has 1 aromatic heterocycles. The molecule has 0 fully saturated rings. The molecule has 2 nitrogen and oxygen atoms in total. The molecule has 0 saturated heterocycles.